The second kappa shape index (κ2) is 8.19. The van der Waals surface area contributed by atoms with Gasteiger partial charge in [0.25, 0.3) is 5.91 Å². The van der Waals surface area contributed by atoms with Gasteiger partial charge in [0.05, 0.1) is 11.6 Å². The van der Waals surface area contributed by atoms with E-state index in [1.54, 1.807) is 6.07 Å². The van der Waals surface area contributed by atoms with Crippen LogP contribution in [-0.2, 0) is 0 Å². The number of aromatic amines is 1. The Bertz CT molecular complexity index is 756. The maximum absolute atomic E-state index is 12.4. The number of H-pyrrole nitrogens is 1. The summed E-state index contributed by atoms with van der Waals surface area (Å²) in [5.41, 5.74) is 2.01. The Labute approximate surface area is 152 Å². The summed E-state index contributed by atoms with van der Waals surface area (Å²) in [5, 5.41) is 12.6. The minimum atomic E-state index is -0.197. The standard InChI is InChI=1S/C19H21ClN4O/c20-16-6-4-15(5-7-16)18(24-8-2-1-3-9-24)13-23-19(25)17-10-14(11-21)12-22-17/h4-7,10,12,18,22H,1-3,8-9,13H2,(H,23,25)/t18-/m1/s1. The molecule has 2 heterocycles. The number of hydrogen-bond acceptors (Lipinski definition) is 3. The number of nitrogens with zero attached hydrogens (tertiary/aromatic N) is 2. The van der Waals surface area contributed by atoms with Crippen LogP contribution in [0.5, 0.6) is 0 Å². The lowest BCUT2D eigenvalue weighted by Gasteiger charge is -2.35. The van der Waals surface area contributed by atoms with Crippen molar-refractivity contribution in [1.82, 2.24) is 15.2 Å². The van der Waals surface area contributed by atoms with Crippen LogP contribution in [0.25, 0.3) is 0 Å². The average molecular weight is 357 g/mol. The molecule has 0 aliphatic carbocycles. The molecule has 1 saturated heterocycles. The lowest BCUT2D eigenvalue weighted by atomic mass is 10.0. The fourth-order valence-electron chi connectivity index (χ4n) is 3.25. The van der Waals surface area contributed by atoms with Gasteiger partial charge >= 0.3 is 0 Å². The van der Waals surface area contributed by atoms with Gasteiger partial charge in [-0.15, -0.1) is 0 Å². The monoisotopic (exact) mass is 356 g/mol. The predicted molar refractivity (Wildman–Crippen MR) is 97.5 cm³/mol. The van der Waals surface area contributed by atoms with Crippen molar-refractivity contribution >= 4 is 17.5 Å². The molecule has 2 N–H and O–H groups in total. The molecule has 6 heteroatoms. The third kappa shape index (κ3) is 4.41. The van der Waals surface area contributed by atoms with Crippen molar-refractivity contribution in [3.05, 3.63) is 58.4 Å². The number of rotatable bonds is 5. The van der Waals surface area contributed by atoms with E-state index < -0.39 is 0 Å². The summed E-state index contributed by atoms with van der Waals surface area (Å²) in [6.07, 6.45) is 5.16. The van der Waals surface area contributed by atoms with E-state index in [9.17, 15) is 4.79 Å². The highest BCUT2D eigenvalue weighted by Gasteiger charge is 2.23. The summed E-state index contributed by atoms with van der Waals surface area (Å²) in [6, 6.07) is 11.5. The smallest absolute Gasteiger partial charge is 0.267 e. The van der Waals surface area contributed by atoms with Gasteiger partial charge in [0.2, 0.25) is 0 Å². The van der Waals surface area contributed by atoms with Gasteiger partial charge in [-0.05, 0) is 49.7 Å². The highest BCUT2D eigenvalue weighted by Crippen LogP contribution is 2.25. The Morgan fingerprint density at radius 1 is 1.28 bits per heavy atom. The van der Waals surface area contributed by atoms with E-state index in [1.807, 2.05) is 30.3 Å². The lowest BCUT2D eigenvalue weighted by molar-refractivity contribution is 0.0920. The van der Waals surface area contributed by atoms with Gasteiger partial charge < -0.3 is 10.3 Å². The number of nitrogens with one attached hydrogen (secondary N) is 2. The van der Waals surface area contributed by atoms with Crippen molar-refractivity contribution in [2.75, 3.05) is 19.6 Å². The number of carbonyl (C=O) groups excluding carboxylic acids is 1. The molecule has 5 nitrogen and oxygen atoms in total. The minimum absolute atomic E-state index is 0.118. The molecule has 0 unspecified atom stereocenters. The average Bonchev–Trinajstić information content (AvgIpc) is 3.13. The Kier molecular flexibility index (Phi) is 5.75. The van der Waals surface area contributed by atoms with Gasteiger partial charge in [-0.3, -0.25) is 9.69 Å². The van der Waals surface area contributed by atoms with Gasteiger partial charge in [-0.1, -0.05) is 30.2 Å². The van der Waals surface area contributed by atoms with Crippen LogP contribution in [0.4, 0.5) is 0 Å². The van der Waals surface area contributed by atoms with Crippen LogP contribution in [0.3, 0.4) is 0 Å². The maximum Gasteiger partial charge on any atom is 0.267 e. The van der Waals surface area contributed by atoms with Crippen molar-refractivity contribution in [2.24, 2.45) is 0 Å². The summed E-state index contributed by atoms with van der Waals surface area (Å²) < 4.78 is 0. The van der Waals surface area contributed by atoms with Gasteiger partial charge in [-0.25, -0.2) is 0 Å². The number of likely N-dealkylation sites (tertiary alicyclic amines) is 1. The zero-order valence-electron chi connectivity index (χ0n) is 14.0. The third-order valence-corrected chi connectivity index (χ3v) is 4.85. The van der Waals surface area contributed by atoms with E-state index in [2.05, 4.69) is 15.2 Å². The molecule has 1 aromatic carbocycles. The number of hydrogen-bond donors (Lipinski definition) is 2. The number of nitriles is 1. The first kappa shape index (κ1) is 17.5. The molecule has 25 heavy (non-hydrogen) atoms. The normalized spacial score (nSPS) is 16.2. The summed E-state index contributed by atoms with van der Waals surface area (Å²) in [6.45, 7) is 2.58. The zero-order valence-corrected chi connectivity index (χ0v) is 14.7. The highest BCUT2D eigenvalue weighted by atomic mass is 35.5. The van der Waals surface area contributed by atoms with E-state index >= 15 is 0 Å². The summed E-state index contributed by atoms with van der Waals surface area (Å²) in [7, 11) is 0. The van der Waals surface area contributed by atoms with Crippen molar-refractivity contribution < 1.29 is 4.79 Å². The molecule has 1 amide bonds. The van der Waals surface area contributed by atoms with Crippen molar-refractivity contribution in [3.63, 3.8) is 0 Å². The highest BCUT2D eigenvalue weighted by molar-refractivity contribution is 6.30. The predicted octanol–water partition coefficient (Wildman–Crippen LogP) is 3.50. The molecule has 0 spiro atoms. The van der Waals surface area contributed by atoms with Gasteiger partial charge in [0.1, 0.15) is 11.8 Å². The number of amides is 1. The molecule has 130 valence electrons. The van der Waals surface area contributed by atoms with Crippen LogP contribution in [0.1, 0.15) is 46.9 Å². The topological polar surface area (TPSA) is 71.9 Å². The fourth-order valence-corrected chi connectivity index (χ4v) is 3.37. The van der Waals surface area contributed by atoms with Gasteiger partial charge in [0, 0.05) is 17.8 Å². The molecule has 1 aliphatic rings. The summed E-state index contributed by atoms with van der Waals surface area (Å²) in [5.74, 6) is -0.197. The summed E-state index contributed by atoms with van der Waals surface area (Å²) >= 11 is 6.01. The molecule has 1 aromatic heterocycles. The van der Waals surface area contributed by atoms with Gasteiger partial charge in [0.15, 0.2) is 0 Å². The first-order chi connectivity index (χ1) is 12.2. The Hall–Kier alpha value is -2.29. The van der Waals surface area contributed by atoms with E-state index in [1.165, 1.54) is 25.5 Å². The molecule has 0 bridgehead atoms. The van der Waals surface area contributed by atoms with Gasteiger partial charge in [-0.2, -0.15) is 5.26 Å². The van der Waals surface area contributed by atoms with E-state index in [4.69, 9.17) is 16.9 Å². The molecule has 1 fully saturated rings. The second-order valence-corrected chi connectivity index (χ2v) is 6.72. The Morgan fingerprint density at radius 2 is 2.00 bits per heavy atom. The van der Waals surface area contributed by atoms with Crippen LogP contribution >= 0.6 is 11.6 Å². The first-order valence-corrected chi connectivity index (χ1v) is 8.91. The van der Waals surface area contributed by atoms with E-state index in [0.717, 1.165) is 18.7 Å². The number of carbonyl (C=O) groups is 1. The van der Waals surface area contributed by atoms with E-state index in [-0.39, 0.29) is 11.9 Å². The van der Waals surface area contributed by atoms with E-state index in [0.29, 0.717) is 22.8 Å². The molecule has 0 saturated carbocycles. The molecule has 1 atom stereocenters. The molecule has 3 rings (SSSR count). The lowest BCUT2D eigenvalue weighted by Crippen LogP contribution is -2.40. The molecular weight excluding hydrogens is 336 g/mol. The van der Waals surface area contributed by atoms with Crippen LogP contribution in [-0.4, -0.2) is 35.4 Å². The number of aromatic nitrogens is 1. The quantitative estimate of drug-likeness (QED) is 0.861. The Balaban J connectivity index is 1.71. The SMILES string of the molecule is N#Cc1c[nH]c(C(=O)NC[C@H](c2ccc(Cl)cc2)N2CCCCC2)c1. The fraction of sp³-hybridized carbons (Fsp3) is 0.368. The first-order valence-electron chi connectivity index (χ1n) is 8.53. The van der Waals surface area contributed by atoms with Crippen LogP contribution in [0.15, 0.2) is 36.5 Å². The number of benzene rings is 1. The van der Waals surface area contributed by atoms with Crippen LogP contribution in [0.2, 0.25) is 5.02 Å². The van der Waals surface area contributed by atoms with Crippen molar-refractivity contribution in [3.8, 4) is 6.07 Å². The molecule has 2 aromatic rings. The van der Waals surface area contributed by atoms with Crippen LogP contribution < -0.4 is 5.32 Å². The minimum Gasteiger partial charge on any atom is -0.356 e. The molecule has 0 radical (unpaired) electrons. The Morgan fingerprint density at radius 3 is 2.64 bits per heavy atom. The number of halogens is 1. The largest absolute Gasteiger partial charge is 0.356 e. The second-order valence-electron chi connectivity index (χ2n) is 6.29. The van der Waals surface area contributed by atoms with Crippen molar-refractivity contribution in [1.29, 1.82) is 5.26 Å². The maximum atomic E-state index is 12.4. The van der Waals surface area contributed by atoms with Crippen molar-refractivity contribution in [2.45, 2.75) is 25.3 Å². The van der Waals surface area contributed by atoms with Crippen LogP contribution in [0, 0.1) is 11.3 Å². The number of piperidine rings is 1. The third-order valence-electron chi connectivity index (χ3n) is 4.60. The molecular formula is C19H21ClN4O. The summed E-state index contributed by atoms with van der Waals surface area (Å²) in [4.78, 5) is 17.6. The molecule has 1 aliphatic heterocycles. The zero-order chi connectivity index (χ0) is 17.6.